The lowest BCUT2D eigenvalue weighted by Gasteiger charge is -2.28. The SMILES string of the molecule is Cc1ccc(S(=O)(=O)[C@@](N)(C(N)=O)[C@@H](C)O)cc1. The van der Waals surface area contributed by atoms with Gasteiger partial charge in [-0.25, -0.2) is 8.42 Å². The van der Waals surface area contributed by atoms with Crippen molar-refractivity contribution in [2.45, 2.75) is 29.7 Å². The van der Waals surface area contributed by atoms with Gasteiger partial charge in [-0.2, -0.15) is 0 Å². The van der Waals surface area contributed by atoms with Crippen LogP contribution in [-0.4, -0.2) is 30.4 Å². The number of aliphatic hydroxyl groups excluding tert-OH is 1. The molecular formula is C11H16N2O4S. The summed E-state index contributed by atoms with van der Waals surface area (Å²) in [5, 5.41) is 9.49. The molecule has 0 radical (unpaired) electrons. The van der Waals surface area contributed by atoms with E-state index in [1.165, 1.54) is 12.1 Å². The lowest BCUT2D eigenvalue weighted by molar-refractivity contribution is -0.122. The van der Waals surface area contributed by atoms with E-state index in [1.807, 2.05) is 0 Å². The van der Waals surface area contributed by atoms with Crippen molar-refractivity contribution in [3.8, 4) is 0 Å². The van der Waals surface area contributed by atoms with Crippen LogP contribution < -0.4 is 11.5 Å². The average Bonchev–Trinajstić information content (AvgIpc) is 2.27. The molecule has 0 saturated carbocycles. The van der Waals surface area contributed by atoms with Gasteiger partial charge in [-0.05, 0) is 26.0 Å². The highest BCUT2D eigenvalue weighted by molar-refractivity contribution is 7.93. The fourth-order valence-electron chi connectivity index (χ4n) is 1.48. The summed E-state index contributed by atoms with van der Waals surface area (Å²) in [7, 11) is -4.26. The number of carbonyl (C=O) groups excluding carboxylic acids is 1. The fraction of sp³-hybridized carbons (Fsp3) is 0.364. The Morgan fingerprint density at radius 3 is 2.11 bits per heavy atom. The molecule has 0 fully saturated rings. The molecule has 0 spiro atoms. The first-order valence-corrected chi connectivity index (χ1v) is 6.70. The van der Waals surface area contributed by atoms with E-state index in [1.54, 1.807) is 19.1 Å². The minimum absolute atomic E-state index is 0.157. The second-order valence-electron chi connectivity index (χ2n) is 4.15. The number of benzene rings is 1. The van der Waals surface area contributed by atoms with Crippen LogP contribution in [0.1, 0.15) is 12.5 Å². The predicted molar refractivity (Wildman–Crippen MR) is 66.2 cm³/mol. The minimum Gasteiger partial charge on any atom is -0.390 e. The van der Waals surface area contributed by atoms with Crippen molar-refractivity contribution >= 4 is 15.7 Å². The standard InChI is InChI=1S/C11H16N2O4S/c1-7-3-5-9(6-4-7)18(16,17)11(13,8(2)14)10(12)15/h3-6,8,14H,13H2,1-2H3,(H2,12,15)/t8-,11-/m1/s1. The zero-order chi connectivity index (χ0) is 14.1. The van der Waals surface area contributed by atoms with Gasteiger partial charge < -0.3 is 16.6 Å². The summed E-state index contributed by atoms with van der Waals surface area (Å²) in [4.78, 5) is 8.61. The van der Waals surface area contributed by atoms with Crippen LogP contribution >= 0.6 is 0 Å². The van der Waals surface area contributed by atoms with Crippen LogP contribution in [0.25, 0.3) is 0 Å². The molecule has 0 unspecified atom stereocenters. The molecule has 7 heteroatoms. The maximum atomic E-state index is 12.3. The van der Waals surface area contributed by atoms with Crippen molar-refractivity contribution in [1.29, 1.82) is 0 Å². The first kappa shape index (κ1) is 14.6. The minimum atomic E-state index is -4.26. The van der Waals surface area contributed by atoms with Gasteiger partial charge in [0.15, 0.2) is 0 Å². The van der Waals surface area contributed by atoms with E-state index in [2.05, 4.69) is 0 Å². The molecule has 0 bridgehead atoms. The molecule has 0 saturated heterocycles. The van der Waals surface area contributed by atoms with Crippen molar-refractivity contribution in [3.63, 3.8) is 0 Å². The highest BCUT2D eigenvalue weighted by Gasteiger charge is 2.50. The van der Waals surface area contributed by atoms with Crippen LogP contribution in [-0.2, 0) is 14.6 Å². The summed E-state index contributed by atoms with van der Waals surface area (Å²) in [6, 6.07) is 5.77. The van der Waals surface area contributed by atoms with Crippen LogP contribution in [0.15, 0.2) is 29.2 Å². The van der Waals surface area contributed by atoms with Crippen LogP contribution in [0.3, 0.4) is 0 Å². The van der Waals surface area contributed by atoms with Gasteiger partial charge in [0.05, 0.1) is 11.0 Å². The van der Waals surface area contributed by atoms with E-state index in [0.717, 1.165) is 12.5 Å². The van der Waals surface area contributed by atoms with Gasteiger partial charge in [0.1, 0.15) is 0 Å². The number of primary amides is 1. The summed E-state index contributed by atoms with van der Waals surface area (Å²) in [6.45, 7) is 2.89. The number of sulfone groups is 1. The molecule has 0 aliphatic rings. The maximum Gasteiger partial charge on any atom is 0.256 e. The number of aryl methyl sites for hydroxylation is 1. The molecular weight excluding hydrogens is 256 g/mol. The average molecular weight is 272 g/mol. The van der Waals surface area contributed by atoms with Crippen LogP contribution in [0.5, 0.6) is 0 Å². The van der Waals surface area contributed by atoms with Crippen molar-refractivity contribution in [1.82, 2.24) is 0 Å². The Morgan fingerprint density at radius 2 is 1.78 bits per heavy atom. The highest BCUT2D eigenvalue weighted by Crippen LogP contribution is 2.25. The Labute approximate surface area is 106 Å². The lowest BCUT2D eigenvalue weighted by atomic mass is 10.2. The summed E-state index contributed by atoms with van der Waals surface area (Å²) in [5.41, 5.74) is 11.4. The van der Waals surface area contributed by atoms with Gasteiger partial charge in [-0.3, -0.25) is 4.79 Å². The molecule has 0 heterocycles. The number of amides is 1. The molecule has 5 N–H and O–H groups in total. The fourth-order valence-corrected chi connectivity index (χ4v) is 3.07. The molecule has 1 aromatic rings. The van der Waals surface area contributed by atoms with E-state index >= 15 is 0 Å². The topological polar surface area (TPSA) is 123 Å². The Morgan fingerprint density at radius 1 is 1.33 bits per heavy atom. The van der Waals surface area contributed by atoms with Crippen LogP contribution in [0.4, 0.5) is 0 Å². The third-order valence-electron chi connectivity index (χ3n) is 2.78. The molecule has 1 aromatic carbocycles. The van der Waals surface area contributed by atoms with Gasteiger partial charge in [-0.1, -0.05) is 17.7 Å². The molecule has 18 heavy (non-hydrogen) atoms. The molecule has 0 aliphatic heterocycles. The van der Waals surface area contributed by atoms with E-state index in [9.17, 15) is 18.3 Å². The van der Waals surface area contributed by atoms with Crippen LogP contribution in [0.2, 0.25) is 0 Å². The third kappa shape index (κ3) is 2.12. The van der Waals surface area contributed by atoms with E-state index in [4.69, 9.17) is 11.5 Å². The molecule has 2 atom stereocenters. The predicted octanol–water partition coefficient (Wildman–Crippen LogP) is -0.710. The van der Waals surface area contributed by atoms with Gasteiger partial charge in [0, 0.05) is 0 Å². The monoisotopic (exact) mass is 272 g/mol. The molecule has 0 aliphatic carbocycles. The number of rotatable bonds is 4. The van der Waals surface area contributed by atoms with Gasteiger partial charge >= 0.3 is 0 Å². The normalized spacial score (nSPS) is 16.9. The van der Waals surface area contributed by atoms with Crippen molar-refractivity contribution < 1.29 is 18.3 Å². The highest BCUT2D eigenvalue weighted by atomic mass is 32.2. The Bertz CT molecular complexity index is 551. The summed E-state index contributed by atoms with van der Waals surface area (Å²) >= 11 is 0. The molecule has 0 aromatic heterocycles. The Kier molecular flexibility index (Phi) is 3.80. The largest absolute Gasteiger partial charge is 0.390 e. The maximum absolute atomic E-state index is 12.3. The third-order valence-corrected chi connectivity index (χ3v) is 5.11. The lowest BCUT2D eigenvalue weighted by Crippen LogP contribution is -2.64. The molecule has 1 amide bonds. The summed E-state index contributed by atoms with van der Waals surface area (Å²) < 4.78 is 24.5. The van der Waals surface area contributed by atoms with Gasteiger partial charge in [0.25, 0.3) is 5.91 Å². The molecule has 6 nitrogen and oxygen atoms in total. The number of carbonyl (C=O) groups is 1. The summed E-state index contributed by atoms with van der Waals surface area (Å²) in [6.07, 6.45) is -1.62. The van der Waals surface area contributed by atoms with Crippen molar-refractivity contribution in [2.24, 2.45) is 11.5 Å². The van der Waals surface area contributed by atoms with E-state index in [-0.39, 0.29) is 4.90 Å². The second-order valence-corrected chi connectivity index (χ2v) is 6.30. The number of hydrogen-bond donors (Lipinski definition) is 3. The smallest absolute Gasteiger partial charge is 0.256 e. The van der Waals surface area contributed by atoms with Gasteiger partial charge in [0.2, 0.25) is 14.7 Å². The quantitative estimate of drug-likeness (QED) is 0.668. The zero-order valence-electron chi connectivity index (χ0n) is 10.1. The Hall–Kier alpha value is -1.44. The first-order chi connectivity index (χ1) is 8.14. The second kappa shape index (κ2) is 4.68. The number of hydrogen-bond acceptors (Lipinski definition) is 5. The van der Waals surface area contributed by atoms with Crippen LogP contribution in [0, 0.1) is 6.92 Å². The zero-order valence-corrected chi connectivity index (χ0v) is 10.9. The number of aliphatic hydroxyl groups is 1. The number of nitrogens with two attached hydrogens (primary N) is 2. The van der Waals surface area contributed by atoms with Crippen molar-refractivity contribution in [3.05, 3.63) is 29.8 Å². The van der Waals surface area contributed by atoms with E-state index < -0.39 is 26.7 Å². The first-order valence-electron chi connectivity index (χ1n) is 5.22. The van der Waals surface area contributed by atoms with Crippen molar-refractivity contribution in [2.75, 3.05) is 0 Å². The molecule has 100 valence electrons. The molecule has 1 rings (SSSR count). The Balaban J connectivity index is 3.45. The summed E-state index contributed by atoms with van der Waals surface area (Å²) in [5.74, 6) is -1.29. The van der Waals surface area contributed by atoms with Gasteiger partial charge in [-0.15, -0.1) is 0 Å². The van der Waals surface area contributed by atoms with E-state index in [0.29, 0.717) is 0 Å².